The number of carbonyl (C=O) groups excluding carboxylic acids is 1. The number of morpholine rings is 1. The van der Waals surface area contributed by atoms with Gasteiger partial charge in [0.25, 0.3) is 5.91 Å². The molecule has 1 amide bonds. The Morgan fingerprint density at radius 1 is 1.25 bits per heavy atom. The minimum Gasteiger partial charge on any atom is -0.366 e. The molecule has 3 rings (SSSR count). The van der Waals surface area contributed by atoms with Gasteiger partial charge in [0.05, 0.1) is 11.5 Å². The molecule has 2 aliphatic rings. The smallest absolute Gasteiger partial charge is 0.253 e. The maximum atomic E-state index is 12.6. The van der Waals surface area contributed by atoms with E-state index in [9.17, 15) is 13.2 Å². The van der Waals surface area contributed by atoms with E-state index in [1.165, 1.54) is 16.4 Å². The van der Waals surface area contributed by atoms with Crippen LogP contribution < -0.4 is 5.32 Å². The highest BCUT2D eigenvalue weighted by Crippen LogP contribution is 2.21. The Morgan fingerprint density at radius 2 is 2.00 bits per heavy atom. The second kappa shape index (κ2) is 7.37. The molecule has 1 aromatic rings. The summed E-state index contributed by atoms with van der Waals surface area (Å²) in [4.78, 5) is 14.2. The summed E-state index contributed by atoms with van der Waals surface area (Å²) >= 11 is 5.88. The van der Waals surface area contributed by atoms with Crippen molar-refractivity contribution in [3.8, 4) is 0 Å². The molecule has 9 heteroatoms. The van der Waals surface area contributed by atoms with Crippen LogP contribution in [-0.2, 0) is 19.6 Å². The third kappa shape index (κ3) is 3.73. The molecule has 0 radical (unpaired) electrons. The van der Waals surface area contributed by atoms with E-state index < -0.39 is 16.1 Å². The molecule has 0 saturated carbocycles. The molecular formula is C15H20ClN3O4S. The van der Waals surface area contributed by atoms with Gasteiger partial charge in [-0.2, -0.15) is 4.31 Å². The molecule has 0 aromatic heterocycles. The number of benzene rings is 1. The van der Waals surface area contributed by atoms with Crippen LogP contribution in [0.5, 0.6) is 0 Å². The maximum Gasteiger partial charge on any atom is 0.253 e. The number of nitrogens with zero attached hydrogens (tertiary/aromatic N) is 2. The van der Waals surface area contributed by atoms with Crippen LogP contribution >= 0.6 is 11.6 Å². The second-order valence-corrected chi connectivity index (χ2v) is 8.12. The lowest BCUT2D eigenvalue weighted by Crippen LogP contribution is -2.55. The molecule has 7 nitrogen and oxygen atoms in total. The van der Waals surface area contributed by atoms with Crippen molar-refractivity contribution in [2.45, 2.75) is 11.0 Å². The normalized spacial score (nSPS) is 23.2. The Morgan fingerprint density at radius 3 is 2.62 bits per heavy atom. The molecule has 2 heterocycles. The molecule has 1 aromatic carbocycles. The van der Waals surface area contributed by atoms with E-state index in [2.05, 4.69) is 5.32 Å². The Hall–Kier alpha value is -1.19. The van der Waals surface area contributed by atoms with E-state index in [0.717, 1.165) is 6.54 Å². The van der Waals surface area contributed by atoms with Gasteiger partial charge in [-0.3, -0.25) is 4.79 Å². The van der Waals surface area contributed by atoms with Crippen molar-refractivity contribution >= 4 is 27.5 Å². The zero-order valence-corrected chi connectivity index (χ0v) is 14.7. The monoisotopic (exact) mass is 373 g/mol. The average Bonchev–Trinajstić information content (AvgIpc) is 2.62. The zero-order chi connectivity index (χ0) is 17.2. The summed E-state index contributed by atoms with van der Waals surface area (Å²) < 4.78 is 32.2. The van der Waals surface area contributed by atoms with Crippen molar-refractivity contribution in [3.63, 3.8) is 0 Å². The number of rotatable bonds is 3. The topological polar surface area (TPSA) is 79.0 Å². The van der Waals surface area contributed by atoms with Crippen LogP contribution in [0.3, 0.4) is 0 Å². The van der Waals surface area contributed by atoms with E-state index in [1.807, 2.05) is 0 Å². The first-order chi connectivity index (χ1) is 11.5. The molecule has 2 saturated heterocycles. The minimum absolute atomic E-state index is 0.0815. The van der Waals surface area contributed by atoms with Gasteiger partial charge < -0.3 is 15.0 Å². The highest BCUT2D eigenvalue weighted by atomic mass is 35.5. The number of ether oxygens (including phenoxy) is 1. The molecule has 1 N–H and O–H groups in total. The fraction of sp³-hybridized carbons (Fsp3) is 0.533. The van der Waals surface area contributed by atoms with Gasteiger partial charge in [-0.25, -0.2) is 8.42 Å². The van der Waals surface area contributed by atoms with Crippen LogP contribution in [0.2, 0.25) is 5.02 Å². The van der Waals surface area contributed by atoms with E-state index in [-0.39, 0.29) is 23.9 Å². The molecule has 1 atom stereocenters. The number of carbonyl (C=O) groups is 1. The lowest BCUT2D eigenvalue weighted by atomic mass is 10.2. The van der Waals surface area contributed by atoms with Gasteiger partial charge in [0.15, 0.2) is 0 Å². The molecule has 2 fully saturated rings. The van der Waals surface area contributed by atoms with Crippen LogP contribution in [0.4, 0.5) is 0 Å². The fourth-order valence-electron chi connectivity index (χ4n) is 2.85. The van der Waals surface area contributed by atoms with Crippen molar-refractivity contribution in [2.75, 3.05) is 45.9 Å². The first kappa shape index (κ1) is 17.6. The number of hydrogen-bond acceptors (Lipinski definition) is 5. The number of piperazine rings is 1. The van der Waals surface area contributed by atoms with Gasteiger partial charge in [-0.1, -0.05) is 17.7 Å². The predicted octanol–water partition coefficient (Wildman–Crippen LogP) is 0.161. The summed E-state index contributed by atoms with van der Waals surface area (Å²) in [6.07, 6.45) is -0.477. The second-order valence-electron chi connectivity index (χ2n) is 5.75. The number of hydrogen-bond donors (Lipinski definition) is 1. The van der Waals surface area contributed by atoms with E-state index in [0.29, 0.717) is 31.3 Å². The van der Waals surface area contributed by atoms with Gasteiger partial charge in [0.2, 0.25) is 10.0 Å². The zero-order valence-electron chi connectivity index (χ0n) is 13.2. The average molecular weight is 374 g/mol. The summed E-state index contributed by atoms with van der Waals surface area (Å²) in [7, 11) is -3.59. The van der Waals surface area contributed by atoms with Crippen LogP contribution in [0.25, 0.3) is 0 Å². The third-order valence-corrected chi connectivity index (χ3v) is 6.32. The highest BCUT2D eigenvalue weighted by molar-refractivity contribution is 7.89. The Bertz CT molecular complexity index is 698. The van der Waals surface area contributed by atoms with Crippen LogP contribution in [-0.4, -0.2) is 75.5 Å². The van der Waals surface area contributed by atoms with E-state index in [4.69, 9.17) is 16.3 Å². The molecule has 0 bridgehead atoms. The van der Waals surface area contributed by atoms with Crippen molar-refractivity contribution in [1.29, 1.82) is 0 Å². The first-order valence-electron chi connectivity index (χ1n) is 7.85. The standard InChI is InChI=1S/C15H20ClN3O4S/c16-12-2-1-3-13(10-12)24(21,22)19-7-5-18(6-8-19)15(20)14-11-17-4-9-23-14/h1-3,10,14,17H,4-9,11H2. The van der Waals surface area contributed by atoms with E-state index in [1.54, 1.807) is 17.0 Å². The van der Waals surface area contributed by atoms with Gasteiger partial charge in [-0.05, 0) is 18.2 Å². The van der Waals surface area contributed by atoms with Crippen molar-refractivity contribution in [2.24, 2.45) is 0 Å². The Balaban J connectivity index is 1.63. The van der Waals surface area contributed by atoms with E-state index >= 15 is 0 Å². The summed E-state index contributed by atoms with van der Waals surface area (Å²) in [6.45, 7) is 3.01. The molecule has 2 aliphatic heterocycles. The Kier molecular flexibility index (Phi) is 5.41. The number of sulfonamides is 1. The maximum absolute atomic E-state index is 12.6. The van der Waals surface area contributed by atoms with Crippen molar-refractivity contribution in [1.82, 2.24) is 14.5 Å². The largest absolute Gasteiger partial charge is 0.366 e. The molecular weight excluding hydrogens is 354 g/mol. The third-order valence-electron chi connectivity index (χ3n) is 4.19. The fourth-order valence-corrected chi connectivity index (χ4v) is 4.58. The molecule has 24 heavy (non-hydrogen) atoms. The number of amides is 1. The predicted molar refractivity (Wildman–Crippen MR) is 89.4 cm³/mol. The SMILES string of the molecule is O=C(C1CNCCO1)N1CCN(S(=O)(=O)c2cccc(Cl)c2)CC1. The van der Waals surface area contributed by atoms with Crippen LogP contribution in [0.15, 0.2) is 29.2 Å². The van der Waals surface area contributed by atoms with Crippen molar-refractivity contribution < 1.29 is 17.9 Å². The summed E-state index contributed by atoms with van der Waals surface area (Å²) in [5, 5.41) is 3.50. The summed E-state index contributed by atoms with van der Waals surface area (Å²) in [6, 6.07) is 6.22. The van der Waals surface area contributed by atoms with Gasteiger partial charge in [0.1, 0.15) is 6.10 Å². The van der Waals surface area contributed by atoms with Gasteiger partial charge >= 0.3 is 0 Å². The van der Waals surface area contributed by atoms with Crippen LogP contribution in [0, 0.1) is 0 Å². The van der Waals surface area contributed by atoms with Crippen LogP contribution in [0.1, 0.15) is 0 Å². The highest BCUT2D eigenvalue weighted by Gasteiger charge is 2.33. The van der Waals surface area contributed by atoms with Gasteiger partial charge in [0, 0.05) is 44.3 Å². The number of nitrogens with one attached hydrogen (secondary N) is 1. The molecule has 132 valence electrons. The first-order valence-corrected chi connectivity index (χ1v) is 9.67. The summed E-state index contributed by atoms with van der Waals surface area (Å²) in [5.41, 5.74) is 0. The molecule has 0 aliphatic carbocycles. The summed E-state index contributed by atoms with van der Waals surface area (Å²) in [5.74, 6) is -0.0815. The quantitative estimate of drug-likeness (QED) is 0.816. The lowest BCUT2D eigenvalue weighted by Gasteiger charge is -2.36. The Labute approximate surface area is 146 Å². The van der Waals surface area contributed by atoms with Crippen molar-refractivity contribution in [3.05, 3.63) is 29.3 Å². The molecule has 0 spiro atoms. The van der Waals surface area contributed by atoms with Gasteiger partial charge in [-0.15, -0.1) is 0 Å². The minimum atomic E-state index is -3.59. The lowest BCUT2D eigenvalue weighted by molar-refractivity contribution is -0.146. The molecule has 1 unspecified atom stereocenters. The number of halogens is 1.